The molecule has 8 nitrogen and oxygen atoms in total. The number of rotatable bonds is 4. The third-order valence-corrected chi connectivity index (χ3v) is 4.65. The van der Waals surface area contributed by atoms with Gasteiger partial charge in [0.05, 0.1) is 24.0 Å². The summed E-state index contributed by atoms with van der Waals surface area (Å²) in [7, 11) is 0. The average Bonchev–Trinajstić information content (AvgIpc) is 3.25. The van der Waals surface area contributed by atoms with Crippen LogP contribution in [0.4, 0.5) is 5.82 Å². The molecule has 3 aromatic rings. The minimum absolute atomic E-state index is 0.207. The SMILES string of the molecule is O=C(N[C@@H]1CCN(c2cnccn2)C[C@H]1O)c1cccc(-n2cccn2)c1. The Balaban J connectivity index is 1.41. The quantitative estimate of drug-likeness (QED) is 0.718. The molecule has 138 valence electrons. The van der Waals surface area contributed by atoms with E-state index in [2.05, 4.69) is 20.4 Å². The molecular weight excluding hydrogens is 344 g/mol. The summed E-state index contributed by atoms with van der Waals surface area (Å²) < 4.78 is 1.70. The number of carbonyl (C=O) groups is 1. The van der Waals surface area contributed by atoms with Crippen LogP contribution in [0.3, 0.4) is 0 Å². The zero-order valence-corrected chi connectivity index (χ0v) is 14.6. The van der Waals surface area contributed by atoms with E-state index in [1.54, 1.807) is 41.6 Å². The molecule has 0 saturated carbocycles. The van der Waals surface area contributed by atoms with Crippen LogP contribution in [-0.4, -0.2) is 56.0 Å². The summed E-state index contributed by atoms with van der Waals surface area (Å²) in [5.41, 5.74) is 1.34. The molecule has 3 heterocycles. The summed E-state index contributed by atoms with van der Waals surface area (Å²) in [6, 6.07) is 8.76. The lowest BCUT2D eigenvalue weighted by atomic mass is 10.0. The Kier molecular flexibility index (Phi) is 4.80. The van der Waals surface area contributed by atoms with Crippen LogP contribution in [-0.2, 0) is 0 Å². The van der Waals surface area contributed by atoms with E-state index in [4.69, 9.17) is 0 Å². The maximum absolute atomic E-state index is 12.6. The van der Waals surface area contributed by atoms with Crippen LogP contribution >= 0.6 is 0 Å². The fourth-order valence-electron chi connectivity index (χ4n) is 3.23. The van der Waals surface area contributed by atoms with Gasteiger partial charge >= 0.3 is 0 Å². The van der Waals surface area contributed by atoms with Crippen molar-refractivity contribution in [2.75, 3.05) is 18.0 Å². The van der Waals surface area contributed by atoms with Crippen LogP contribution in [0.1, 0.15) is 16.8 Å². The molecule has 2 aromatic heterocycles. The number of hydrogen-bond acceptors (Lipinski definition) is 6. The van der Waals surface area contributed by atoms with Crippen molar-refractivity contribution >= 4 is 11.7 Å². The summed E-state index contributed by atoms with van der Waals surface area (Å²) in [6.07, 6.45) is 8.37. The molecule has 8 heteroatoms. The second-order valence-electron chi connectivity index (χ2n) is 6.45. The van der Waals surface area contributed by atoms with Gasteiger partial charge in [0.15, 0.2) is 0 Å². The Hall–Kier alpha value is -3.26. The number of benzene rings is 1. The van der Waals surface area contributed by atoms with Gasteiger partial charge in [-0.15, -0.1) is 0 Å². The van der Waals surface area contributed by atoms with E-state index in [-0.39, 0.29) is 11.9 Å². The largest absolute Gasteiger partial charge is 0.389 e. The van der Waals surface area contributed by atoms with Crippen molar-refractivity contribution in [3.63, 3.8) is 0 Å². The van der Waals surface area contributed by atoms with E-state index in [0.29, 0.717) is 25.1 Å². The van der Waals surface area contributed by atoms with Crippen molar-refractivity contribution in [2.24, 2.45) is 0 Å². The number of aromatic nitrogens is 4. The fraction of sp³-hybridized carbons (Fsp3) is 0.263. The number of aliphatic hydroxyl groups is 1. The molecule has 4 rings (SSSR count). The molecule has 27 heavy (non-hydrogen) atoms. The fourth-order valence-corrected chi connectivity index (χ4v) is 3.23. The van der Waals surface area contributed by atoms with Crippen LogP contribution in [0.2, 0.25) is 0 Å². The van der Waals surface area contributed by atoms with E-state index in [0.717, 1.165) is 11.5 Å². The van der Waals surface area contributed by atoms with E-state index < -0.39 is 6.10 Å². The molecule has 1 fully saturated rings. The maximum atomic E-state index is 12.6. The zero-order valence-electron chi connectivity index (χ0n) is 14.6. The number of anilines is 1. The van der Waals surface area contributed by atoms with Crippen LogP contribution in [0.5, 0.6) is 0 Å². The van der Waals surface area contributed by atoms with Gasteiger partial charge in [-0.25, -0.2) is 9.67 Å². The summed E-state index contributed by atoms with van der Waals surface area (Å²) >= 11 is 0. The highest BCUT2D eigenvalue weighted by atomic mass is 16.3. The van der Waals surface area contributed by atoms with E-state index in [9.17, 15) is 9.90 Å². The summed E-state index contributed by atoms with van der Waals surface area (Å²) in [4.78, 5) is 22.9. The van der Waals surface area contributed by atoms with Crippen molar-refractivity contribution in [1.29, 1.82) is 0 Å². The zero-order chi connectivity index (χ0) is 18.6. The van der Waals surface area contributed by atoms with Crippen molar-refractivity contribution < 1.29 is 9.90 Å². The number of nitrogens with zero attached hydrogens (tertiary/aromatic N) is 5. The van der Waals surface area contributed by atoms with Crippen molar-refractivity contribution in [3.05, 3.63) is 66.9 Å². The second-order valence-corrected chi connectivity index (χ2v) is 6.45. The first-order chi connectivity index (χ1) is 13.2. The average molecular weight is 364 g/mol. The smallest absolute Gasteiger partial charge is 0.251 e. The number of amides is 1. The van der Waals surface area contributed by atoms with E-state index in [1.165, 1.54) is 0 Å². The number of piperidine rings is 1. The summed E-state index contributed by atoms with van der Waals surface area (Å²) in [5.74, 6) is 0.522. The van der Waals surface area contributed by atoms with E-state index >= 15 is 0 Å². The van der Waals surface area contributed by atoms with Crippen LogP contribution in [0, 0.1) is 0 Å². The first-order valence-electron chi connectivity index (χ1n) is 8.81. The van der Waals surface area contributed by atoms with Gasteiger partial charge in [-0.2, -0.15) is 5.10 Å². The van der Waals surface area contributed by atoms with Crippen LogP contribution in [0.25, 0.3) is 5.69 Å². The Morgan fingerprint density at radius 2 is 2.15 bits per heavy atom. The monoisotopic (exact) mass is 364 g/mol. The molecule has 2 atom stereocenters. The molecule has 0 radical (unpaired) electrons. The van der Waals surface area contributed by atoms with Crippen molar-refractivity contribution in [1.82, 2.24) is 25.1 Å². The topological polar surface area (TPSA) is 96.2 Å². The molecule has 0 unspecified atom stereocenters. The number of carbonyl (C=O) groups excluding carboxylic acids is 1. The molecule has 0 bridgehead atoms. The first-order valence-corrected chi connectivity index (χ1v) is 8.81. The predicted octanol–water partition coefficient (Wildman–Crippen LogP) is 1.03. The maximum Gasteiger partial charge on any atom is 0.251 e. The number of hydrogen-bond donors (Lipinski definition) is 2. The van der Waals surface area contributed by atoms with Gasteiger partial charge in [-0.3, -0.25) is 9.78 Å². The third-order valence-electron chi connectivity index (χ3n) is 4.65. The predicted molar refractivity (Wildman–Crippen MR) is 99.7 cm³/mol. The van der Waals surface area contributed by atoms with Gasteiger partial charge in [0.1, 0.15) is 5.82 Å². The lowest BCUT2D eigenvalue weighted by Crippen LogP contribution is -2.54. The van der Waals surface area contributed by atoms with Gasteiger partial charge < -0.3 is 15.3 Å². The number of nitrogens with one attached hydrogen (secondary N) is 1. The lowest BCUT2D eigenvalue weighted by Gasteiger charge is -2.36. The molecule has 1 aromatic carbocycles. The van der Waals surface area contributed by atoms with Gasteiger partial charge in [0.2, 0.25) is 0 Å². The normalized spacial score (nSPS) is 19.7. The Morgan fingerprint density at radius 1 is 1.22 bits per heavy atom. The second kappa shape index (κ2) is 7.55. The number of aliphatic hydroxyl groups excluding tert-OH is 1. The van der Waals surface area contributed by atoms with E-state index in [1.807, 2.05) is 29.3 Å². The highest BCUT2D eigenvalue weighted by molar-refractivity contribution is 5.95. The van der Waals surface area contributed by atoms with Gasteiger partial charge in [0, 0.05) is 43.4 Å². The number of β-amino-alcohol motifs (C(OH)–C–C–N with tert-alkyl or cyclic N) is 1. The van der Waals surface area contributed by atoms with Crippen LogP contribution in [0.15, 0.2) is 61.3 Å². The van der Waals surface area contributed by atoms with Gasteiger partial charge in [-0.05, 0) is 30.7 Å². The molecule has 0 aliphatic carbocycles. The molecule has 1 amide bonds. The first kappa shape index (κ1) is 17.2. The molecule has 1 aliphatic heterocycles. The third kappa shape index (κ3) is 3.80. The lowest BCUT2D eigenvalue weighted by molar-refractivity contribution is 0.0797. The minimum atomic E-state index is -0.681. The van der Waals surface area contributed by atoms with Crippen molar-refractivity contribution in [2.45, 2.75) is 18.6 Å². The molecule has 2 N–H and O–H groups in total. The molecule has 1 saturated heterocycles. The summed E-state index contributed by atoms with van der Waals surface area (Å²) in [5, 5.41) is 17.6. The van der Waals surface area contributed by atoms with Crippen molar-refractivity contribution in [3.8, 4) is 5.69 Å². The van der Waals surface area contributed by atoms with Crippen LogP contribution < -0.4 is 10.2 Å². The van der Waals surface area contributed by atoms with Gasteiger partial charge in [-0.1, -0.05) is 6.07 Å². The Bertz CT molecular complexity index is 900. The Morgan fingerprint density at radius 3 is 2.89 bits per heavy atom. The molecule has 1 aliphatic rings. The molecular formula is C19H20N6O2. The highest BCUT2D eigenvalue weighted by Gasteiger charge is 2.29. The highest BCUT2D eigenvalue weighted by Crippen LogP contribution is 2.18. The standard InChI is InChI=1S/C19H20N6O2/c26-17-13-24(18-12-20-7-8-21-18)10-5-16(17)23-19(27)14-3-1-4-15(11-14)25-9-2-6-22-25/h1-4,6-9,11-12,16-17,26H,5,10,13H2,(H,23,27)/t16-,17-/m1/s1. The summed E-state index contributed by atoms with van der Waals surface area (Å²) in [6.45, 7) is 1.09. The Labute approximate surface area is 156 Å². The molecule has 0 spiro atoms. The van der Waals surface area contributed by atoms with Gasteiger partial charge in [0.25, 0.3) is 5.91 Å². The minimum Gasteiger partial charge on any atom is -0.389 e.